The van der Waals surface area contributed by atoms with Crippen LogP contribution in [0.25, 0.3) is 0 Å². The van der Waals surface area contributed by atoms with Crippen LogP contribution in [0.5, 0.6) is 0 Å². The van der Waals surface area contributed by atoms with Crippen LogP contribution in [0.3, 0.4) is 0 Å². The zero-order valence-corrected chi connectivity index (χ0v) is 9.94. The molecule has 2 rings (SSSR count). The van der Waals surface area contributed by atoms with Crippen molar-refractivity contribution >= 4 is 5.91 Å². The lowest BCUT2D eigenvalue weighted by Crippen LogP contribution is -2.40. The number of rotatable bonds is 2. The Kier molecular flexibility index (Phi) is 3.27. The molecule has 1 amide bonds. The Bertz CT molecular complexity index is 372. The van der Waals surface area contributed by atoms with Gasteiger partial charge in [-0.15, -0.1) is 0 Å². The lowest BCUT2D eigenvalue weighted by molar-refractivity contribution is 0.0910. The van der Waals surface area contributed by atoms with Crippen molar-refractivity contribution in [1.82, 2.24) is 15.1 Å². The van der Waals surface area contributed by atoms with Gasteiger partial charge in [0.1, 0.15) is 0 Å². The minimum Gasteiger partial charge on any atom is -0.349 e. The third kappa shape index (κ3) is 2.43. The van der Waals surface area contributed by atoms with Crippen LogP contribution < -0.4 is 5.32 Å². The van der Waals surface area contributed by atoms with Crippen molar-refractivity contribution in [1.29, 1.82) is 0 Å². The Hall–Kier alpha value is -1.32. The van der Waals surface area contributed by atoms with Gasteiger partial charge in [0.15, 0.2) is 0 Å². The molecule has 1 fully saturated rings. The number of hydrogen-bond acceptors (Lipinski definition) is 2. The summed E-state index contributed by atoms with van der Waals surface area (Å²) in [4.78, 5) is 11.9. The van der Waals surface area contributed by atoms with E-state index in [0.717, 1.165) is 6.42 Å². The molecule has 1 aromatic rings. The maximum absolute atomic E-state index is 11.9. The molecule has 0 aromatic carbocycles. The fourth-order valence-corrected chi connectivity index (χ4v) is 2.32. The summed E-state index contributed by atoms with van der Waals surface area (Å²) in [7, 11) is 1.82. The molecule has 16 heavy (non-hydrogen) atoms. The van der Waals surface area contributed by atoms with Gasteiger partial charge in [0.25, 0.3) is 5.91 Å². The minimum atomic E-state index is 0.00634. The summed E-state index contributed by atoms with van der Waals surface area (Å²) in [6, 6.07) is 0.335. The smallest absolute Gasteiger partial charge is 0.254 e. The number of aromatic nitrogens is 2. The van der Waals surface area contributed by atoms with E-state index < -0.39 is 0 Å². The van der Waals surface area contributed by atoms with Gasteiger partial charge in [-0.05, 0) is 18.8 Å². The van der Waals surface area contributed by atoms with Crippen LogP contribution in [0.4, 0.5) is 0 Å². The van der Waals surface area contributed by atoms with Crippen LogP contribution >= 0.6 is 0 Å². The summed E-state index contributed by atoms with van der Waals surface area (Å²) in [5, 5.41) is 7.11. The molecule has 2 unspecified atom stereocenters. The molecule has 4 heteroatoms. The van der Waals surface area contributed by atoms with Crippen molar-refractivity contribution < 1.29 is 4.79 Å². The van der Waals surface area contributed by atoms with E-state index in [0.29, 0.717) is 17.5 Å². The van der Waals surface area contributed by atoms with Gasteiger partial charge in [-0.1, -0.05) is 19.8 Å². The summed E-state index contributed by atoms with van der Waals surface area (Å²) in [6.07, 6.45) is 8.21. The van der Waals surface area contributed by atoms with Crippen molar-refractivity contribution in [3.63, 3.8) is 0 Å². The molecule has 88 valence electrons. The molecule has 2 atom stereocenters. The van der Waals surface area contributed by atoms with Gasteiger partial charge >= 0.3 is 0 Å². The lowest BCUT2D eigenvalue weighted by atomic mass is 9.86. The number of nitrogens with zero attached hydrogens (tertiary/aromatic N) is 2. The zero-order chi connectivity index (χ0) is 11.5. The SMILES string of the molecule is CC1CCCCC1NC(=O)c1cnn(C)c1. The van der Waals surface area contributed by atoms with Crippen LogP contribution in [0.15, 0.2) is 12.4 Å². The van der Waals surface area contributed by atoms with E-state index >= 15 is 0 Å². The van der Waals surface area contributed by atoms with E-state index in [4.69, 9.17) is 0 Å². The first-order valence-corrected chi connectivity index (χ1v) is 5.96. The molecule has 0 aliphatic heterocycles. The van der Waals surface area contributed by atoms with E-state index in [1.807, 2.05) is 7.05 Å². The van der Waals surface area contributed by atoms with Crippen molar-refractivity contribution in [2.75, 3.05) is 0 Å². The van der Waals surface area contributed by atoms with Gasteiger partial charge in [-0.3, -0.25) is 9.48 Å². The Balaban J connectivity index is 1.96. The molecular weight excluding hydrogens is 202 g/mol. The molecule has 1 N–H and O–H groups in total. The molecule has 1 aliphatic rings. The second kappa shape index (κ2) is 4.68. The molecule has 4 nitrogen and oxygen atoms in total. The molecule has 1 aromatic heterocycles. The van der Waals surface area contributed by atoms with Gasteiger partial charge in [0.05, 0.1) is 11.8 Å². The van der Waals surface area contributed by atoms with Crippen LogP contribution in [0, 0.1) is 5.92 Å². The fraction of sp³-hybridized carbons (Fsp3) is 0.667. The lowest BCUT2D eigenvalue weighted by Gasteiger charge is -2.29. The van der Waals surface area contributed by atoms with Crippen LogP contribution in [0.1, 0.15) is 43.0 Å². The molecule has 1 aliphatic carbocycles. The van der Waals surface area contributed by atoms with Crippen molar-refractivity contribution in [2.45, 2.75) is 38.6 Å². The van der Waals surface area contributed by atoms with Gasteiger partial charge in [0, 0.05) is 19.3 Å². The number of carbonyl (C=O) groups is 1. The quantitative estimate of drug-likeness (QED) is 0.826. The third-order valence-electron chi connectivity index (χ3n) is 3.40. The Morgan fingerprint density at radius 1 is 1.50 bits per heavy atom. The maximum atomic E-state index is 11.9. The highest BCUT2D eigenvalue weighted by atomic mass is 16.1. The average molecular weight is 221 g/mol. The highest BCUT2D eigenvalue weighted by molar-refractivity contribution is 5.93. The summed E-state index contributed by atoms with van der Waals surface area (Å²) in [6.45, 7) is 2.22. The maximum Gasteiger partial charge on any atom is 0.254 e. The van der Waals surface area contributed by atoms with Crippen molar-refractivity contribution in [3.05, 3.63) is 18.0 Å². The molecule has 1 saturated carbocycles. The predicted molar refractivity (Wildman–Crippen MR) is 62.1 cm³/mol. The normalized spacial score (nSPS) is 25.4. The van der Waals surface area contributed by atoms with Gasteiger partial charge < -0.3 is 5.32 Å². The second-order valence-electron chi connectivity index (χ2n) is 4.74. The number of aryl methyl sites for hydroxylation is 1. The van der Waals surface area contributed by atoms with Gasteiger partial charge in [0.2, 0.25) is 0 Å². The summed E-state index contributed by atoms with van der Waals surface area (Å²) in [5.41, 5.74) is 0.653. The fourth-order valence-electron chi connectivity index (χ4n) is 2.32. The highest BCUT2D eigenvalue weighted by Gasteiger charge is 2.23. The monoisotopic (exact) mass is 221 g/mol. The standard InChI is InChI=1S/C12H19N3O/c1-9-5-3-4-6-11(9)14-12(16)10-7-13-15(2)8-10/h7-9,11H,3-6H2,1-2H3,(H,14,16). The number of carbonyl (C=O) groups excluding carboxylic acids is 1. The largest absolute Gasteiger partial charge is 0.349 e. The van der Waals surface area contributed by atoms with Gasteiger partial charge in [-0.25, -0.2) is 0 Å². The third-order valence-corrected chi connectivity index (χ3v) is 3.40. The van der Waals surface area contributed by atoms with E-state index in [2.05, 4.69) is 17.3 Å². The average Bonchev–Trinajstić information content (AvgIpc) is 2.68. The van der Waals surface area contributed by atoms with Crippen LogP contribution in [-0.4, -0.2) is 21.7 Å². The molecule has 0 bridgehead atoms. The number of amides is 1. The van der Waals surface area contributed by atoms with Crippen molar-refractivity contribution in [2.24, 2.45) is 13.0 Å². The first-order valence-electron chi connectivity index (χ1n) is 5.96. The van der Waals surface area contributed by atoms with E-state index in [-0.39, 0.29) is 5.91 Å². The molecule has 0 radical (unpaired) electrons. The minimum absolute atomic E-state index is 0.00634. The highest BCUT2D eigenvalue weighted by Crippen LogP contribution is 2.23. The second-order valence-corrected chi connectivity index (χ2v) is 4.74. The first kappa shape index (κ1) is 11.2. The Morgan fingerprint density at radius 3 is 2.88 bits per heavy atom. The predicted octanol–water partition coefficient (Wildman–Crippen LogP) is 1.73. The molecular formula is C12H19N3O. The van der Waals surface area contributed by atoms with Crippen LogP contribution in [-0.2, 0) is 7.05 Å². The van der Waals surface area contributed by atoms with Crippen molar-refractivity contribution in [3.8, 4) is 0 Å². The number of nitrogens with one attached hydrogen (secondary N) is 1. The molecule has 1 heterocycles. The Morgan fingerprint density at radius 2 is 2.25 bits per heavy atom. The molecule has 0 spiro atoms. The first-order chi connectivity index (χ1) is 7.66. The molecule has 0 saturated heterocycles. The van der Waals surface area contributed by atoms with E-state index in [9.17, 15) is 4.79 Å². The summed E-state index contributed by atoms with van der Waals surface area (Å²) >= 11 is 0. The topological polar surface area (TPSA) is 46.9 Å². The number of hydrogen-bond donors (Lipinski definition) is 1. The summed E-state index contributed by atoms with van der Waals surface area (Å²) < 4.78 is 1.65. The Labute approximate surface area is 96.0 Å². The van der Waals surface area contributed by atoms with Gasteiger partial charge in [-0.2, -0.15) is 5.10 Å². The van der Waals surface area contributed by atoms with E-state index in [1.54, 1.807) is 17.1 Å². The van der Waals surface area contributed by atoms with Crippen LogP contribution in [0.2, 0.25) is 0 Å². The van der Waals surface area contributed by atoms with E-state index in [1.165, 1.54) is 19.3 Å². The zero-order valence-electron chi connectivity index (χ0n) is 9.94. The summed E-state index contributed by atoms with van der Waals surface area (Å²) in [5.74, 6) is 0.598.